The number of carbonyl (C=O) groups is 1. The molecule has 0 saturated heterocycles. The highest BCUT2D eigenvalue weighted by atomic mass is 16.3. The zero-order chi connectivity index (χ0) is 13.3. The number of carbonyl (C=O) groups excluding carboxylic acids is 1. The molecule has 0 unspecified atom stereocenters. The van der Waals surface area contributed by atoms with Crippen molar-refractivity contribution in [2.24, 2.45) is 17.4 Å². The monoisotopic (exact) mass is 242 g/mol. The van der Waals surface area contributed by atoms with Gasteiger partial charge in [0.05, 0.1) is 0 Å². The largest absolute Gasteiger partial charge is 0.396 e. The molecule has 0 fully saturated rings. The van der Waals surface area contributed by atoms with Gasteiger partial charge in [-0.2, -0.15) is 0 Å². The molecular formula is C10H18N4O3. The molecule has 0 spiro atoms. The summed E-state index contributed by atoms with van der Waals surface area (Å²) in [6.07, 6.45) is 2.16. The zero-order valence-electron chi connectivity index (χ0n) is 9.47. The Hall–Kier alpha value is -1.54. The summed E-state index contributed by atoms with van der Waals surface area (Å²) in [5.74, 6) is 7.46. The molecule has 17 heavy (non-hydrogen) atoms. The fourth-order valence-electron chi connectivity index (χ4n) is 1.48. The summed E-state index contributed by atoms with van der Waals surface area (Å²) in [7, 11) is 0. The lowest BCUT2D eigenvalue weighted by molar-refractivity contribution is 0.0999. The van der Waals surface area contributed by atoms with Crippen LogP contribution in [0.2, 0.25) is 0 Å². The second-order valence-electron chi connectivity index (χ2n) is 3.10. The Morgan fingerprint density at radius 2 is 1.82 bits per heavy atom. The van der Waals surface area contributed by atoms with Crippen molar-refractivity contribution in [1.29, 1.82) is 0 Å². The zero-order valence-corrected chi connectivity index (χ0v) is 9.47. The lowest BCUT2D eigenvalue weighted by atomic mass is 10.0. The van der Waals surface area contributed by atoms with Crippen molar-refractivity contribution >= 4 is 5.91 Å². The fourth-order valence-corrected chi connectivity index (χ4v) is 1.48. The van der Waals surface area contributed by atoms with Crippen molar-refractivity contribution in [2.75, 3.05) is 13.2 Å². The van der Waals surface area contributed by atoms with Crippen molar-refractivity contribution in [3.05, 3.63) is 29.1 Å². The van der Waals surface area contributed by atoms with Gasteiger partial charge in [-0.15, -0.1) is 0 Å². The van der Waals surface area contributed by atoms with Gasteiger partial charge in [-0.1, -0.05) is 0 Å². The van der Waals surface area contributed by atoms with E-state index in [-0.39, 0.29) is 13.2 Å². The first-order valence-corrected chi connectivity index (χ1v) is 5.02. The van der Waals surface area contributed by atoms with Crippen LogP contribution in [0.25, 0.3) is 0 Å². The van der Waals surface area contributed by atoms with Gasteiger partial charge >= 0.3 is 0 Å². The number of primary amides is 1. The molecule has 0 aliphatic rings. The summed E-state index contributed by atoms with van der Waals surface area (Å²) in [5.41, 5.74) is 6.80. The van der Waals surface area contributed by atoms with Gasteiger partial charge in [-0.05, 0) is 18.1 Å². The van der Waals surface area contributed by atoms with Crippen LogP contribution >= 0.6 is 0 Å². The topological polar surface area (TPSA) is 148 Å². The van der Waals surface area contributed by atoms with Crippen LogP contribution in [0.5, 0.6) is 0 Å². The third-order valence-corrected chi connectivity index (χ3v) is 2.12. The summed E-state index contributed by atoms with van der Waals surface area (Å²) < 4.78 is 0. The maximum atomic E-state index is 11.1. The van der Waals surface area contributed by atoms with Crippen molar-refractivity contribution < 1.29 is 15.0 Å². The van der Waals surface area contributed by atoms with Gasteiger partial charge in [0, 0.05) is 37.1 Å². The normalized spacial score (nSPS) is 9.41. The van der Waals surface area contributed by atoms with Crippen LogP contribution in [0.3, 0.4) is 0 Å². The number of hydrogen-bond donors (Lipinski definition) is 5. The molecule has 0 radical (unpaired) electrons. The lowest BCUT2D eigenvalue weighted by Crippen LogP contribution is -2.17. The average Bonchev–Trinajstić information content (AvgIpc) is 2.34. The van der Waals surface area contributed by atoms with E-state index in [1.807, 2.05) is 0 Å². The molecule has 7 nitrogen and oxygen atoms in total. The van der Waals surface area contributed by atoms with Gasteiger partial charge in [0.15, 0.2) is 0 Å². The SMILES string of the molecule is NC(=O)c1ccnc(CCO)c1CCO.NN. The number of aromatic nitrogens is 1. The predicted molar refractivity (Wildman–Crippen MR) is 62.7 cm³/mol. The molecule has 0 bridgehead atoms. The van der Waals surface area contributed by atoms with E-state index in [1.165, 1.54) is 12.3 Å². The van der Waals surface area contributed by atoms with E-state index in [2.05, 4.69) is 16.7 Å². The Labute approximate surface area is 99.2 Å². The minimum absolute atomic E-state index is 0.0480. The summed E-state index contributed by atoms with van der Waals surface area (Å²) >= 11 is 0. The van der Waals surface area contributed by atoms with E-state index in [4.69, 9.17) is 15.9 Å². The van der Waals surface area contributed by atoms with E-state index in [9.17, 15) is 4.79 Å². The van der Waals surface area contributed by atoms with Gasteiger partial charge in [-0.25, -0.2) is 0 Å². The molecule has 1 heterocycles. The molecule has 1 aromatic heterocycles. The predicted octanol–water partition coefficient (Wildman–Crippen LogP) is -1.93. The average molecular weight is 242 g/mol. The first-order chi connectivity index (χ1) is 8.20. The van der Waals surface area contributed by atoms with Gasteiger partial charge < -0.3 is 15.9 Å². The molecular weight excluding hydrogens is 224 g/mol. The summed E-state index contributed by atoms with van der Waals surface area (Å²) in [6, 6.07) is 1.52. The molecule has 1 rings (SSSR count). The molecule has 0 atom stereocenters. The number of aliphatic hydroxyl groups excluding tert-OH is 2. The number of hydrogen-bond acceptors (Lipinski definition) is 6. The molecule has 0 aliphatic heterocycles. The Balaban J connectivity index is 0.00000121. The smallest absolute Gasteiger partial charge is 0.249 e. The fraction of sp³-hybridized carbons (Fsp3) is 0.400. The van der Waals surface area contributed by atoms with E-state index in [0.29, 0.717) is 29.7 Å². The number of pyridine rings is 1. The quantitative estimate of drug-likeness (QED) is 0.300. The number of aliphatic hydroxyl groups is 2. The van der Waals surface area contributed by atoms with Crippen molar-refractivity contribution in [1.82, 2.24) is 4.98 Å². The van der Waals surface area contributed by atoms with Gasteiger partial charge in [0.2, 0.25) is 5.91 Å². The molecule has 96 valence electrons. The number of nitrogens with zero attached hydrogens (tertiary/aromatic N) is 1. The van der Waals surface area contributed by atoms with E-state index in [0.717, 1.165) is 0 Å². The van der Waals surface area contributed by atoms with E-state index < -0.39 is 5.91 Å². The number of amides is 1. The van der Waals surface area contributed by atoms with Crippen LogP contribution in [0.15, 0.2) is 12.3 Å². The van der Waals surface area contributed by atoms with Crippen molar-refractivity contribution in [3.63, 3.8) is 0 Å². The molecule has 1 aromatic rings. The van der Waals surface area contributed by atoms with Crippen LogP contribution in [-0.4, -0.2) is 34.3 Å². The Kier molecular flexibility index (Phi) is 7.82. The molecule has 7 heteroatoms. The Morgan fingerprint density at radius 3 is 2.29 bits per heavy atom. The molecule has 0 aromatic carbocycles. The van der Waals surface area contributed by atoms with Gasteiger partial charge in [0.25, 0.3) is 0 Å². The second-order valence-corrected chi connectivity index (χ2v) is 3.10. The summed E-state index contributed by atoms with van der Waals surface area (Å²) in [6.45, 7) is -0.127. The van der Waals surface area contributed by atoms with E-state index in [1.54, 1.807) is 0 Å². The third kappa shape index (κ3) is 4.45. The van der Waals surface area contributed by atoms with Crippen LogP contribution in [0.4, 0.5) is 0 Å². The third-order valence-electron chi connectivity index (χ3n) is 2.12. The maximum Gasteiger partial charge on any atom is 0.249 e. The number of nitrogens with two attached hydrogens (primary N) is 3. The van der Waals surface area contributed by atoms with Crippen LogP contribution < -0.4 is 17.4 Å². The first-order valence-electron chi connectivity index (χ1n) is 5.02. The second kappa shape index (κ2) is 8.59. The minimum atomic E-state index is -0.542. The highest BCUT2D eigenvalue weighted by Crippen LogP contribution is 2.13. The highest BCUT2D eigenvalue weighted by Gasteiger charge is 2.12. The maximum absolute atomic E-state index is 11.1. The summed E-state index contributed by atoms with van der Waals surface area (Å²) in [4.78, 5) is 15.2. The molecule has 8 N–H and O–H groups in total. The molecule has 0 aliphatic carbocycles. The van der Waals surface area contributed by atoms with Crippen LogP contribution in [-0.2, 0) is 12.8 Å². The van der Waals surface area contributed by atoms with Crippen LogP contribution in [0.1, 0.15) is 21.6 Å². The van der Waals surface area contributed by atoms with Gasteiger partial charge in [0.1, 0.15) is 0 Å². The molecule has 0 saturated carbocycles. The van der Waals surface area contributed by atoms with Crippen molar-refractivity contribution in [3.8, 4) is 0 Å². The highest BCUT2D eigenvalue weighted by molar-refractivity contribution is 5.94. The Bertz CT molecular complexity index is 357. The van der Waals surface area contributed by atoms with Crippen molar-refractivity contribution in [2.45, 2.75) is 12.8 Å². The standard InChI is InChI=1S/C10H14N2O3.H4N2/c11-10(15)8-1-4-12-9(3-6-14)7(8)2-5-13;1-2/h1,4,13-14H,2-3,5-6H2,(H2,11,15);1-2H2. The lowest BCUT2D eigenvalue weighted by Gasteiger charge is -2.09. The summed E-state index contributed by atoms with van der Waals surface area (Å²) in [5, 5.41) is 17.7. The first kappa shape index (κ1) is 15.5. The van der Waals surface area contributed by atoms with Crippen LogP contribution in [0, 0.1) is 0 Å². The Morgan fingerprint density at radius 1 is 1.24 bits per heavy atom. The van der Waals surface area contributed by atoms with E-state index >= 15 is 0 Å². The number of hydrazine groups is 1. The minimum Gasteiger partial charge on any atom is -0.396 e. The number of rotatable bonds is 5. The van der Waals surface area contributed by atoms with Gasteiger partial charge in [-0.3, -0.25) is 21.5 Å². The molecule has 1 amide bonds.